The van der Waals surface area contributed by atoms with Crippen molar-refractivity contribution in [1.82, 2.24) is 4.90 Å². The normalized spacial score (nSPS) is 9.84. The second-order valence-electron chi connectivity index (χ2n) is 4.05. The number of carboxylic acids is 1. The molecule has 0 fully saturated rings. The molecular weight excluding hydrogens is 250 g/mol. The van der Waals surface area contributed by atoms with Crippen LogP contribution in [0.2, 0.25) is 0 Å². The number of ether oxygens (including phenoxy) is 2. The van der Waals surface area contributed by atoms with Crippen LogP contribution < -0.4 is 9.47 Å². The number of nitrogens with zero attached hydrogens (tertiary/aromatic N) is 1. The first kappa shape index (κ1) is 14.8. The molecule has 1 aromatic carbocycles. The molecule has 0 bridgehead atoms. The Bertz CT molecular complexity index is 470. The molecule has 6 heteroatoms. The van der Waals surface area contributed by atoms with E-state index in [0.717, 1.165) is 0 Å². The van der Waals surface area contributed by atoms with Gasteiger partial charge in [-0.15, -0.1) is 0 Å². The highest BCUT2D eigenvalue weighted by Gasteiger charge is 2.13. The molecule has 1 rings (SSSR count). The van der Waals surface area contributed by atoms with Crippen LogP contribution in [0.25, 0.3) is 0 Å². The number of carboxylic acid groups (broad SMARTS) is 1. The van der Waals surface area contributed by atoms with Gasteiger partial charge in [-0.2, -0.15) is 0 Å². The van der Waals surface area contributed by atoms with Gasteiger partial charge in [0.1, 0.15) is 17.1 Å². The number of methoxy groups -OCH3 is 1. The van der Waals surface area contributed by atoms with Crippen molar-refractivity contribution in [2.24, 2.45) is 0 Å². The maximum atomic E-state index is 11.4. The Labute approximate surface area is 111 Å². The molecule has 0 aliphatic heterocycles. The minimum atomic E-state index is -1.10. The first-order valence-electron chi connectivity index (χ1n) is 5.70. The summed E-state index contributed by atoms with van der Waals surface area (Å²) < 4.78 is 10.3. The van der Waals surface area contributed by atoms with Gasteiger partial charge in [-0.3, -0.25) is 4.79 Å². The molecule has 6 nitrogen and oxygen atoms in total. The summed E-state index contributed by atoms with van der Waals surface area (Å²) in [5.41, 5.74) is 0.0108. The van der Waals surface area contributed by atoms with Crippen molar-refractivity contribution in [3.8, 4) is 11.5 Å². The Morgan fingerprint density at radius 2 is 2.00 bits per heavy atom. The number of amides is 1. The van der Waals surface area contributed by atoms with Gasteiger partial charge >= 0.3 is 5.97 Å². The summed E-state index contributed by atoms with van der Waals surface area (Å²) in [7, 11) is 4.76. The fourth-order valence-electron chi connectivity index (χ4n) is 1.40. The van der Waals surface area contributed by atoms with Gasteiger partial charge in [0.15, 0.2) is 0 Å². The van der Waals surface area contributed by atoms with Crippen LogP contribution in [-0.2, 0) is 4.79 Å². The number of carbonyl (C=O) groups excluding carboxylic acids is 1. The van der Waals surface area contributed by atoms with E-state index >= 15 is 0 Å². The van der Waals surface area contributed by atoms with Gasteiger partial charge in [0.25, 0.3) is 0 Å². The molecule has 0 saturated heterocycles. The van der Waals surface area contributed by atoms with Crippen molar-refractivity contribution in [2.45, 2.75) is 6.42 Å². The van der Waals surface area contributed by atoms with Gasteiger partial charge < -0.3 is 19.5 Å². The third kappa shape index (κ3) is 4.17. The van der Waals surface area contributed by atoms with Crippen molar-refractivity contribution in [3.63, 3.8) is 0 Å². The zero-order valence-electron chi connectivity index (χ0n) is 11.2. The molecule has 0 aromatic heterocycles. The zero-order chi connectivity index (χ0) is 14.4. The maximum Gasteiger partial charge on any atom is 0.339 e. The Kier molecular flexibility index (Phi) is 5.17. The molecular formula is C13H17NO5. The Hall–Kier alpha value is -2.24. The second kappa shape index (κ2) is 6.63. The first-order valence-corrected chi connectivity index (χ1v) is 5.70. The minimum Gasteiger partial charge on any atom is -0.497 e. The van der Waals surface area contributed by atoms with E-state index in [2.05, 4.69) is 0 Å². The number of hydrogen-bond donors (Lipinski definition) is 1. The SMILES string of the molecule is COc1ccc(OCCC(=O)N(C)C)c(C(=O)O)c1. The Morgan fingerprint density at radius 1 is 1.32 bits per heavy atom. The number of rotatable bonds is 6. The van der Waals surface area contributed by atoms with E-state index in [1.807, 2.05) is 0 Å². The lowest BCUT2D eigenvalue weighted by Gasteiger charge is -2.12. The second-order valence-corrected chi connectivity index (χ2v) is 4.05. The highest BCUT2D eigenvalue weighted by Crippen LogP contribution is 2.24. The van der Waals surface area contributed by atoms with E-state index < -0.39 is 5.97 Å². The van der Waals surface area contributed by atoms with Gasteiger partial charge in [0, 0.05) is 14.1 Å². The molecule has 0 atom stereocenters. The van der Waals surface area contributed by atoms with Crippen LogP contribution in [0.15, 0.2) is 18.2 Å². The quantitative estimate of drug-likeness (QED) is 0.839. The lowest BCUT2D eigenvalue weighted by molar-refractivity contribution is -0.129. The molecule has 0 aliphatic rings. The first-order chi connectivity index (χ1) is 8.95. The molecule has 0 aliphatic carbocycles. The summed E-state index contributed by atoms with van der Waals surface area (Å²) in [4.78, 5) is 23.9. The summed E-state index contributed by atoms with van der Waals surface area (Å²) in [6.45, 7) is 0.129. The van der Waals surface area contributed by atoms with Gasteiger partial charge in [-0.1, -0.05) is 0 Å². The summed E-state index contributed by atoms with van der Waals surface area (Å²) in [6.07, 6.45) is 0.193. The van der Waals surface area contributed by atoms with E-state index in [1.54, 1.807) is 20.2 Å². The topological polar surface area (TPSA) is 76.1 Å². The molecule has 1 aromatic rings. The van der Waals surface area contributed by atoms with Crippen molar-refractivity contribution in [3.05, 3.63) is 23.8 Å². The molecule has 0 saturated carbocycles. The summed E-state index contributed by atoms with van der Waals surface area (Å²) >= 11 is 0. The Balaban J connectivity index is 2.72. The molecule has 0 spiro atoms. The molecule has 0 heterocycles. The van der Waals surface area contributed by atoms with E-state index in [-0.39, 0.29) is 30.2 Å². The van der Waals surface area contributed by atoms with Crippen LogP contribution in [0, 0.1) is 0 Å². The van der Waals surface area contributed by atoms with Crippen LogP contribution in [0.3, 0.4) is 0 Å². The van der Waals surface area contributed by atoms with Crippen LogP contribution in [0.4, 0.5) is 0 Å². The maximum absolute atomic E-state index is 11.4. The largest absolute Gasteiger partial charge is 0.497 e. The van der Waals surface area contributed by atoms with Gasteiger partial charge in [-0.25, -0.2) is 4.79 Å². The van der Waals surface area contributed by atoms with Crippen molar-refractivity contribution in [2.75, 3.05) is 27.8 Å². The number of hydrogen-bond acceptors (Lipinski definition) is 4. The van der Waals surface area contributed by atoms with Crippen molar-refractivity contribution < 1.29 is 24.2 Å². The molecule has 19 heavy (non-hydrogen) atoms. The fraction of sp³-hybridized carbons (Fsp3) is 0.385. The number of aromatic carboxylic acids is 1. The van der Waals surface area contributed by atoms with Crippen LogP contribution in [0.1, 0.15) is 16.8 Å². The standard InChI is InChI=1S/C13H17NO5/c1-14(2)12(15)6-7-19-11-5-4-9(18-3)8-10(11)13(16)17/h4-5,8H,6-7H2,1-3H3,(H,16,17). The van der Waals surface area contributed by atoms with Crippen LogP contribution in [0.5, 0.6) is 11.5 Å². The van der Waals surface area contributed by atoms with Crippen LogP contribution in [-0.4, -0.2) is 49.7 Å². The van der Waals surface area contributed by atoms with Gasteiger partial charge in [0.2, 0.25) is 5.91 Å². The predicted octanol–water partition coefficient (Wildman–Crippen LogP) is 1.25. The van der Waals surface area contributed by atoms with E-state index in [9.17, 15) is 9.59 Å². The van der Waals surface area contributed by atoms with Crippen molar-refractivity contribution >= 4 is 11.9 Å². The van der Waals surface area contributed by atoms with E-state index in [0.29, 0.717) is 5.75 Å². The molecule has 0 unspecified atom stereocenters. The molecule has 0 radical (unpaired) electrons. The molecule has 1 N–H and O–H groups in total. The average molecular weight is 267 g/mol. The van der Waals surface area contributed by atoms with Crippen LogP contribution >= 0.6 is 0 Å². The average Bonchev–Trinajstić information content (AvgIpc) is 2.38. The Morgan fingerprint density at radius 3 is 2.53 bits per heavy atom. The number of benzene rings is 1. The van der Waals surface area contributed by atoms with Gasteiger partial charge in [-0.05, 0) is 18.2 Å². The van der Waals surface area contributed by atoms with E-state index in [1.165, 1.54) is 24.1 Å². The lowest BCUT2D eigenvalue weighted by atomic mass is 10.2. The summed E-state index contributed by atoms with van der Waals surface area (Å²) in [6, 6.07) is 4.50. The third-order valence-electron chi connectivity index (χ3n) is 2.49. The molecule has 104 valence electrons. The summed E-state index contributed by atoms with van der Waals surface area (Å²) in [5, 5.41) is 9.07. The minimum absolute atomic E-state index is 0.0108. The highest BCUT2D eigenvalue weighted by molar-refractivity contribution is 5.91. The zero-order valence-corrected chi connectivity index (χ0v) is 11.2. The number of carbonyl (C=O) groups is 2. The summed E-state index contributed by atoms with van der Waals surface area (Å²) in [5.74, 6) is -0.521. The molecule has 1 amide bonds. The fourth-order valence-corrected chi connectivity index (χ4v) is 1.40. The van der Waals surface area contributed by atoms with Crippen molar-refractivity contribution in [1.29, 1.82) is 0 Å². The third-order valence-corrected chi connectivity index (χ3v) is 2.49. The smallest absolute Gasteiger partial charge is 0.339 e. The lowest BCUT2D eigenvalue weighted by Crippen LogP contribution is -2.23. The monoisotopic (exact) mass is 267 g/mol. The predicted molar refractivity (Wildman–Crippen MR) is 68.8 cm³/mol. The van der Waals surface area contributed by atoms with E-state index in [4.69, 9.17) is 14.6 Å². The highest BCUT2D eigenvalue weighted by atomic mass is 16.5. The van der Waals surface area contributed by atoms with Gasteiger partial charge in [0.05, 0.1) is 20.1 Å².